The summed E-state index contributed by atoms with van der Waals surface area (Å²) < 4.78 is 24.5. The Balaban J connectivity index is 1.44. The molecule has 0 fully saturated rings. The number of thiazole rings is 1. The van der Waals surface area contributed by atoms with Crippen LogP contribution in [-0.4, -0.2) is 34.9 Å². The zero-order valence-corrected chi connectivity index (χ0v) is 18.0. The number of aromatic nitrogens is 3. The van der Waals surface area contributed by atoms with Crippen LogP contribution in [0.4, 0.5) is 0 Å². The molecule has 0 aliphatic carbocycles. The van der Waals surface area contributed by atoms with Gasteiger partial charge in [0.1, 0.15) is 13.2 Å². The highest BCUT2D eigenvalue weighted by Crippen LogP contribution is 2.35. The average molecular weight is 449 g/mol. The summed E-state index contributed by atoms with van der Waals surface area (Å²) in [6, 6.07) is 12.9. The van der Waals surface area contributed by atoms with E-state index in [2.05, 4.69) is 16.7 Å². The summed E-state index contributed by atoms with van der Waals surface area (Å²) in [6.45, 7) is 4.30. The van der Waals surface area contributed by atoms with Crippen molar-refractivity contribution in [1.82, 2.24) is 14.6 Å². The molecule has 0 radical (unpaired) electrons. The lowest BCUT2D eigenvalue weighted by molar-refractivity contribution is 0.0852. The van der Waals surface area contributed by atoms with Crippen molar-refractivity contribution in [3.05, 3.63) is 81.4 Å². The average Bonchev–Trinajstić information content (AvgIpc) is 3.37. The Morgan fingerprint density at radius 1 is 1.25 bits per heavy atom. The lowest BCUT2D eigenvalue weighted by Crippen LogP contribution is -2.26. The van der Waals surface area contributed by atoms with E-state index in [4.69, 9.17) is 18.9 Å². The second kappa shape index (κ2) is 8.35. The van der Waals surface area contributed by atoms with Gasteiger partial charge < -0.3 is 18.9 Å². The molecule has 0 amide bonds. The zero-order valence-electron chi connectivity index (χ0n) is 17.2. The number of rotatable bonds is 6. The van der Waals surface area contributed by atoms with E-state index in [1.807, 2.05) is 36.4 Å². The second-order valence-electron chi connectivity index (χ2n) is 6.95. The van der Waals surface area contributed by atoms with Gasteiger partial charge >= 0.3 is 0 Å². The Labute approximate surface area is 186 Å². The Kier molecular flexibility index (Phi) is 5.24. The molecule has 2 aromatic heterocycles. The fourth-order valence-electron chi connectivity index (χ4n) is 3.33. The highest BCUT2D eigenvalue weighted by Gasteiger charge is 2.27. The van der Waals surface area contributed by atoms with Crippen LogP contribution in [0.15, 0.2) is 59.9 Å². The predicted molar refractivity (Wildman–Crippen MR) is 120 cm³/mol. The summed E-state index contributed by atoms with van der Waals surface area (Å²) >= 11 is 1.26. The fraction of sp³-hybridized carbons (Fsp3) is 0.174. The van der Waals surface area contributed by atoms with E-state index < -0.39 is 6.10 Å². The first-order valence-electron chi connectivity index (χ1n) is 9.87. The van der Waals surface area contributed by atoms with Gasteiger partial charge in [0.15, 0.2) is 34.9 Å². The monoisotopic (exact) mass is 449 g/mol. The summed E-state index contributed by atoms with van der Waals surface area (Å²) in [5.41, 5.74) is 0.557. The molecule has 3 heterocycles. The zero-order chi connectivity index (χ0) is 22.1. The third-order valence-corrected chi connectivity index (χ3v) is 5.80. The lowest BCUT2D eigenvalue weighted by atomic mass is 10.2. The van der Waals surface area contributed by atoms with Gasteiger partial charge in [0.25, 0.3) is 5.56 Å². The number of hydrogen-bond acceptors (Lipinski definition) is 8. The van der Waals surface area contributed by atoms with Crippen LogP contribution in [0.1, 0.15) is 17.5 Å². The van der Waals surface area contributed by atoms with Gasteiger partial charge in [-0.15, -0.1) is 5.10 Å². The van der Waals surface area contributed by atoms with Crippen molar-refractivity contribution in [1.29, 1.82) is 0 Å². The van der Waals surface area contributed by atoms with Gasteiger partial charge in [-0.25, -0.2) is 0 Å². The molecular weight excluding hydrogens is 430 g/mol. The van der Waals surface area contributed by atoms with Crippen LogP contribution in [0, 0.1) is 0 Å². The van der Waals surface area contributed by atoms with Crippen molar-refractivity contribution in [3.63, 3.8) is 0 Å². The van der Waals surface area contributed by atoms with E-state index in [9.17, 15) is 4.79 Å². The maximum atomic E-state index is 12.9. The molecule has 2 aromatic carbocycles. The summed E-state index contributed by atoms with van der Waals surface area (Å²) in [6.07, 6.45) is 2.96. The molecule has 1 aliphatic heterocycles. The van der Waals surface area contributed by atoms with Gasteiger partial charge in [0.2, 0.25) is 4.96 Å². The first-order chi connectivity index (χ1) is 15.7. The number of hydrogen-bond donors (Lipinski definition) is 0. The number of nitrogens with zero attached hydrogens (tertiary/aromatic N) is 3. The molecule has 162 valence electrons. The highest BCUT2D eigenvalue weighted by atomic mass is 32.1. The maximum Gasteiger partial charge on any atom is 0.291 e. The minimum Gasteiger partial charge on any atom is -0.493 e. The minimum atomic E-state index is -0.476. The topological polar surface area (TPSA) is 84.2 Å². The third kappa shape index (κ3) is 3.67. The summed E-state index contributed by atoms with van der Waals surface area (Å²) in [5.74, 6) is 2.91. The van der Waals surface area contributed by atoms with Gasteiger partial charge in [-0.1, -0.05) is 42.2 Å². The number of ether oxygens (including phenoxy) is 4. The Bertz CT molecular complexity index is 1410. The van der Waals surface area contributed by atoms with Crippen LogP contribution >= 0.6 is 11.3 Å². The molecule has 0 spiro atoms. The molecule has 1 aliphatic rings. The second-order valence-corrected chi connectivity index (χ2v) is 7.96. The summed E-state index contributed by atoms with van der Waals surface area (Å²) in [4.78, 5) is 17.9. The normalized spacial score (nSPS) is 15.7. The Morgan fingerprint density at radius 3 is 2.88 bits per heavy atom. The SMILES string of the molecule is C=CCOc1ccc(C=c2sc3nc(C4COc5ccccc5O4)nn3c2=O)cc1OC. The van der Waals surface area contributed by atoms with Gasteiger partial charge in [0.05, 0.1) is 11.6 Å². The van der Waals surface area contributed by atoms with E-state index in [1.165, 1.54) is 15.9 Å². The molecule has 0 saturated heterocycles. The van der Waals surface area contributed by atoms with Crippen LogP contribution in [0.5, 0.6) is 23.0 Å². The van der Waals surface area contributed by atoms with E-state index in [1.54, 1.807) is 25.3 Å². The van der Waals surface area contributed by atoms with Crippen molar-refractivity contribution in [2.75, 3.05) is 20.3 Å². The lowest BCUT2D eigenvalue weighted by Gasteiger charge is -2.24. The van der Waals surface area contributed by atoms with E-state index in [0.717, 1.165) is 5.56 Å². The summed E-state index contributed by atoms with van der Waals surface area (Å²) in [5, 5.41) is 4.38. The van der Waals surface area contributed by atoms with Crippen molar-refractivity contribution >= 4 is 22.4 Å². The van der Waals surface area contributed by atoms with E-state index >= 15 is 0 Å². The quantitative estimate of drug-likeness (QED) is 0.419. The standard InChI is InChI=1S/C23H19N3O5S/c1-3-10-29-16-9-8-14(11-18(16)28-2)12-20-22(27)26-23(32-20)24-21(25-26)19-13-30-15-6-4-5-7-17(15)31-19/h3-9,11-12,19H,1,10,13H2,2H3. The molecule has 4 aromatic rings. The van der Waals surface area contributed by atoms with Gasteiger partial charge in [-0.05, 0) is 35.9 Å². The molecule has 5 rings (SSSR count). The Hall–Kier alpha value is -3.85. The van der Waals surface area contributed by atoms with Crippen LogP contribution in [-0.2, 0) is 0 Å². The highest BCUT2D eigenvalue weighted by molar-refractivity contribution is 7.15. The van der Waals surface area contributed by atoms with Crippen LogP contribution in [0.3, 0.4) is 0 Å². The molecule has 8 nitrogen and oxygen atoms in total. The molecule has 1 atom stereocenters. The first kappa shape index (κ1) is 20.1. The summed E-state index contributed by atoms with van der Waals surface area (Å²) in [7, 11) is 1.57. The number of fused-ring (bicyclic) bond motifs is 2. The largest absolute Gasteiger partial charge is 0.493 e. The van der Waals surface area contributed by atoms with E-state index in [0.29, 0.717) is 44.9 Å². The van der Waals surface area contributed by atoms with E-state index in [-0.39, 0.29) is 12.2 Å². The maximum absolute atomic E-state index is 12.9. The van der Waals surface area contributed by atoms with Crippen LogP contribution in [0.2, 0.25) is 0 Å². The van der Waals surface area contributed by atoms with Crippen molar-refractivity contribution in [3.8, 4) is 23.0 Å². The van der Waals surface area contributed by atoms with Crippen LogP contribution < -0.4 is 29.0 Å². The van der Waals surface area contributed by atoms with Gasteiger partial charge in [-0.2, -0.15) is 9.50 Å². The molecule has 0 N–H and O–H groups in total. The molecular formula is C23H19N3O5S. The first-order valence-corrected chi connectivity index (χ1v) is 10.7. The molecule has 9 heteroatoms. The van der Waals surface area contributed by atoms with Crippen molar-refractivity contribution < 1.29 is 18.9 Å². The third-order valence-electron chi connectivity index (χ3n) is 4.84. The minimum absolute atomic E-state index is 0.244. The molecule has 1 unspecified atom stereocenters. The Morgan fingerprint density at radius 2 is 2.09 bits per heavy atom. The fourth-order valence-corrected chi connectivity index (χ4v) is 4.24. The number of para-hydroxylation sites is 2. The van der Waals surface area contributed by atoms with Gasteiger partial charge in [0, 0.05) is 0 Å². The van der Waals surface area contributed by atoms with Crippen molar-refractivity contribution in [2.24, 2.45) is 0 Å². The molecule has 0 bridgehead atoms. The molecule has 0 saturated carbocycles. The molecule has 32 heavy (non-hydrogen) atoms. The number of benzene rings is 2. The smallest absolute Gasteiger partial charge is 0.291 e. The predicted octanol–water partition coefficient (Wildman–Crippen LogP) is 2.78. The van der Waals surface area contributed by atoms with Gasteiger partial charge in [-0.3, -0.25) is 4.79 Å². The van der Waals surface area contributed by atoms with Crippen LogP contribution in [0.25, 0.3) is 11.0 Å². The van der Waals surface area contributed by atoms with Crippen molar-refractivity contribution in [2.45, 2.75) is 6.10 Å². The number of methoxy groups -OCH3 is 1.